The van der Waals surface area contributed by atoms with E-state index in [1.807, 2.05) is 14.0 Å². The molecule has 0 bridgehead atoms. The van der Waals surface area contributed by atoms with Gasteiger partial charge in [-0.3, -0.25) is 9.69 Å². The van der Waals surface area contributed by atoms with Crippen molar-refractivity contribution in [1.29, 1.82) is 0 Å². The number of piperidine rings is 1. The van der Waals surface area contributed by atoms with Crippen LogP contribution in [-0.2, 0) is 4.79 Å². The second kappa shape index (κ2) is 3.46. The molecule has 0 aromatic heterocycles. The van der Waals surface area contributed by atoms with Gasteiger partial charge in [0.1, 0.15) is 5.54 Å². The first kappa shape index (κ1) is 10.9. The molecule has 2 heterocycles. The van der Waals surface area contributed by atoms with Crippen molar-refractivity contribution in [2.75, 3.05) is 20.1 Å². The Balaban J connectivity index is 2.22. The molecule has 1 spiro atoms. The molecule has 0 aromatic carbocycles. The van der Waals surface area contributed by atoms with Crippen LogP contribution in [0.2, 0.25) is 0 Å². The SMILES string of the molecule is CN1C2(CCNCC2)CCC1(C)C(=O)O. The van der Waals surface area contributed by atoms with Gasteiger partial charge in [-0.1, -0.05) is 0 Å². The van der Waals surface area contributed by atoms with Crippen molar-refractivity contribution in [3.05, 3.63) is 0 Å². The summed E-state index contributed by atoms with van der Waals surface area (Å²) in [6.45, 7) is 3.88. The van der Waals surface area contributed by atoms with Crippen LogP contribution in [0.5, 0.6) is 0 Å². The van der Waals surface area contributed by atoms with Crippen molar-refractivity contribution in [1.82, 2.24) is 10.2 Å². The van der Waals surface area contributed by atoms with E-state index in [9.17, 15) is 9.90 Å². The molecule has 1 unspecified atom stereocenters. The lowest BCUT2D eigenvalue weighted by Crippen LogP contribution is -2.57. The van der Waals surface area contributed by atoms with Gasteiger partial charge >= 0.3 is 5.97 Å². The van der Waals surface area contributed by atoms with Gasteiger partial charge in [0.2, 0.25) is 0 Å². The summed E-state index contributed by atoms with van der Waals surface area (Å²) in [7, 11) is 1.98. The van der Waals surface area contributed by atoms with Gasteiger partial charge in [0.25, 0.3) is 0 Å². The van der Waals surface area contributed by atoms with E-state index in [4.69, 9.17) is 0 Å². The molecule has 0 saturated carbocycles. The number of nitrogens with one attached hydrogen (secondary N) is 1. The third kappa shape index (κ3) is 1.47. The van der Waals surface area contributed by atoms with E-state index < -0.39 is 11.5 Å². The largest absolute Gasteiger partial charge is 0.480 e. The number of hydrogen-bond acceptors (Lipinski definition) is 3. The number of carboxylic acids is 1. The average Bonchev–Trinajstić information content (AvgIpc) is 2.47. The molecule has 2 aliphatic heterocycles. The first-order valence-electron chi connectivity index (χ1n) is 5.69. The van der Waals surface area contributed by atoms with Crippen molar-refractivity contribution >= 4 is 5.97 Å². The number of likely N-dealkylation sites (N-methyl/N-ethyl adjacent to an activating group) is 1. The fraction of sp³-hybridized carbons (Fsp3) is 0.909. The molecule has 2 rings (SSSR count). The van der Waals surface area contributed by atoms with Crippen LogP contribution in [0.1, 0.15) is 32.6 Å². The van der Waals surface area contributed by atoms with E-state index in [-0.39, 0.29) is 5.54 Å². The topological polar surface area (TPSA) is 52.6 Å². The maximum absolute atomic E-state index is 11.3. The van der Waals surface area contributed by atoms with Gasteiger partial charge in [-0.25, -0.2) is 0 Å². The molecule has 2 aliphatic rings. The minimum atomic E-state index is -0.680. The highest BCUT2D eigenvalue weighted by atomic mass is 16.4. The lowest BCUT2D eigenvalue weighted by atomic mass is 9.86. The van der Waals surface area contributed by atoms with Crippen LogP contribution in [0, 0.1) is 0 Å². The molecule has 2 fully saturated rings. The highest BCUT2D eigenvalue weighted by Gasteiger charge is 2.54. The number of aliphatic carboxylic acids is 1. The monoisotopic (exact) mass is 212 g/mol. The molecular formula is C11H20N2O2. The van der Waals surface area contributed by atoms with E-state index in [0.717, 1.165) is 38.8 Å². The summed E-state index contributed by atoms with van der Waals surface area (Å²) in [6, 6.07) is 0. The van der Waals surface area contributed by atoms with Gasteiger partial charge in [-0.15, -0.1) is 0 Å². The molecule has 2 N–H and O–H groups in total. The summed E-state index contributed by atoms with van der Waals surface area (Å²) in [5.74, 6) is -0.680. The van der Waals surface area contributed by atoms with Gasteiger partial charge in [-0.2, -0.15) is 0 Å². The van der Waals surface area contributed by atoms with Crippen molar-refractivity contribution in [2.45, 2.75) is 43.7 Å². The van der Waals surface area contributed by atoms with Gasteiger partial charge in [0.05, 0.1) is 0 Å². The van der Waals surface area contributed by atoms with Crippen LogP contribution in [0.15, 0.2) is 0 Å². The zero-order valence-corrected chi connectivity index (χ0v) is 9.55. The Morgan fingerprint density at radius 1 is 1.27 bits per heavy atom. The quantitative estimate of drug-likeness (QED) is 0.671. The number of likely N-dealkylation sites (tertiary alicyclic amines) is 1. The predicted molar refractivity (Wildman–Crippen MR) is 57.9 cm³/mol. The average molecular weight is 212 g/mol. The first-order chi connectivity index (χ1) is 7.01. The van der Waals surface area contributed by atoms with Gasteiger partial charge in [-0.05, 0) is 52.7 Å². The van der Waals surface area contributed by atoms with Crippen LogP contribution in [0.25, 0.3) is 0 Å². The molecule has 1 atom stereocenters. The first-order valence-corrected chi connectivity index (χ1v) is 5.69. The Morgan fingerprint density at radius 3 is 2.33 bits per heavy atom. The Labute approximate surface area is 90.6 Å². The normalized spacial score (nSPS) is 35.9. The number of hydrogen-bond donors (Lipinski definition) is 2. The predicted octanol–water partition coefficient (Wildman–Crippen LogP) is 0.677. The summed E-state index contributed by atoms with van der Waals surface area (Å²) in [5, 5.41) is 12.6. The van der Waals surface area contributed by atoms with E-state index >= 15 is 0 Å². The lowest BCUT2D eigenvalue weighted by Gasteiger charge is -2.44. The van der Waals surface area contributed by atoms with Crippen LogP contribution < -0.4 is 5.32 Å². The fourth-order valence-corrected chi connectivity index (χ4v) is 3.06. The Morgan fingerprint density at radius 2 is 1.87 bits per heavy atom. The van der Waals surface area contributed by atoms with Crippen molar-refractivity contribution in [2.24, 2.45) is 0 Å². The van der Waals surface area contributed by atoms with Crippen molar-refractivity contribution in [3.8, 4) is 0 Å². The lowest BCUT2D eigenvalue weighted by molar-refractivity contribution is -0.150. The molecule has 0 aliphatic carbocycles. The minimum absolute atomic E-state index is 0.137. The maximum atomic E-state index is 11.3. The van der Waals surface area contributed by atoms with E-state index in [1.54, 1.807) is 0 Å². The second-order valence-corrected chi connectivity index (χ2v) is 5.11. The minimum Gasteiger partial charge on any atom is -0.480 e. The van der Waals surface area contributed by atoms with Crippen molar-refractivity contribution in [3.63, 3.8) is 0 Å². The number of carbonyl (C=O) groups is 1. The molecule has 86 valence electrons. The summed E-state index contributed by atoms with van der Waals surface area (Å²) < 4.78 is 0. The van der Waals surface area contributed by atoms with E-state index in [0.29, 0.717) is 0 Å². The van der Waals surface area contributed by atoms with Crippen molar-refractivity contribution < 1.29 is 9.90 Å². The Bertz CT molecular complexity index is 274. The smallest absolute Gasteiger partial charge is 0.323 e. The molecule has 2 saturated heterocycles. The third-order valence-electron chi connectivity index (χ3n) is 4.52. The summed E-state index contributed by atoms with van der Waals surface area (Å²) >= 11 is 0. The van der Waals surface area contributed by atoms with E-state index in [2.05, 4.69) is 10.2 Å². The standard InChI is InChI=1S/C11H20N2O2/c1-10(9(14)15)3-4-11(13(10)2)5-7-12-8-6-11/h12H,3-8H2,1-2H3,(H,14,15). The highest BCUT2D eigenvalue weighted by molar-refractivity contribution is 5.79. The molecule has 4 heteroatoms. The van der Waals surface area contributed by atoms with Gasteiger partial charge in [0, 0.05) is 5.54 Å². The van der Waals surface area contributed by atoms with Gasteiger partial charge in [0.15, 0.2) is 0 Å². The zero-order valence-electron chi connectivity index (χ0n) is 9.55. The zero-order chi connectivity index (χ0) is 11.1. The summed E-state index contributed by atoms with van der Waals surface area (Å²) in [4.78, 5) is 13.4. The maximum Gasteiger partial charge on any atom is 0.323 e. The Kier molecular flexibility index (Phi) is 2.51. The summed E-state index contributed by atoms with van der Waals surface area (Å²) in [5.41, 5.74) is -0.518. The molecule has 0 aromatic rings. The number of nitrogens with zero attached hydrogens (tertiary/aromatic N) is 1. The molecule has 0 radical (unpaired) electrons. The number of carboxylic acid groups (broad SMARTS) is 1. The van der Waals surface area contributed by atoms with Crippen LogP contribution >= 0.6 is 0 Å². The van der Waals surface area contributed by atoms with Gasteiger partial charge < -0.3 is 10.4 Å². The number of rotatable bonds is 1. The second-order valence-electron chi connectivity index (χ2n) is 5.11. The van der Waals surface area contributed by atoms with Crippen LogP contribution in [0.4, 0.5) is 0 Å². The molecule has 4 nitrogen and oxygen atoms in total. The molecule has 0 amide bonds. The Hall–Kier alpha value is -0.610. The third-order valence-corrected chi connectivity index (χ3v) is 4.52. The van der Waals surface area contributed by atoms with Crippen LogP contribution in [-0.4, -0.2) is 47.2 Å². The highest BCUT2D eigenvalue weighted by Crippen LogP contribution is 2.44. The fourth-order valence-electron chi connectivity index (χ4n) is 3.06. The molecular weight excluding hydrogens is 192 g/mol. The molecule has 15 heavy (non-hydrogen) atoms. The summed E-state index contributed by atoms with van der Waals surface area (Å²) in [6.07, 6.45) is 3.95. The van der Waals surface area contributed by atoms with Crippen LogP contribution in [0.3, 0.4) is 0 Å². The van der Waals surface area contributed by atoms with E-state index in [1.165, 1.54) is 0 Å².